The van der Waals surface area contributed by atoms with Crippen molar-refractivity contribution in [3.63, 3.8) is 0 Å². The van der Waals surface area contributed by atoms with Gasteiger partial charge in [0.15, 0.2) is 18.2 Å². The van der Waals surface area contributed by atoms with E-state index in [2.05, 4.69) is 5.32 Å². The number of nitrogens with one attached hydrogen (secondary N) is 2. The van der Waals surface area contributed by atoms with Crippen molar-refractivity contribution in [2.45, 2.75) is 19.6 Å². The van der Waals surface area contributed by atoms with Gasteiger partial charge in [-0.25, -0.2) is 4.39 Å². The fourth-order valence-electron chi connectivity index (χ4n) is 1.43. The van der Waals surface area contributed by atoms with E-state index in [1.54, 1.807) is 11.4 Å². The highest BCUT2D eigenvalue weighted by Gasteiger charge is 2.27. The molecule has 1 aromatic carbocycles. The Morgan fingerprint density at radius 3 is 2.62 bits per heavy atom. The molecule has 0 unspecified atom stereocenters. The number of carbonyl (C=O) groups is 1. The standard InChI is InChI=1S/C13H16F4N2O2/c1-2-18-6-9-3-4-11(10(14)5-9)21-7-12(20)19-8-13(15,16)17/h3-5,18H,2,6-8H2,1H3,(H,19,20). The van der Waals surface area contributed by atoms with E-state index in [4.69, 9.17) is 4.74 Å². The van der Waals surface area contributed by atoms with Crippen LogP contribution in [0.5, 0.6) is 5.75 Å². The van der Waals surface area contributed by atoms with Crippen LogP contribution in [0.15, 0.2) is 18.2 Å². The molecule has 0 spiro atoms. The Hall–Kier alpha value is -1.83. The number of halogens is 4. The van der Waals surface area contributed by atoms with Gasteiger partial charge in [0.25, 0.3) is 5.91 Å². The van der Waals surface area contributed by atoms with Gasteiger partial charge in [-0.3, -0.25) is 4.79 Å². The largest absolute Gasteiger partial charge is 0.481 e. The third-order valence-electron chi connectivity index (χ3n) is 2.42. The molecule has 21 heavy (non-hydrogen) atoms. The predicted octanol–water partition coefficient (Wildman–Crippen LogP) is 1.99. The van der Waals surface area contributed by atoms with E-state index in [-0.39, 0.29) is 5.75 Å². The Labute approximate surface area is 119 Å². The third kappa shape index (κ3) is 6.94. The summed E-state index contributed by atoms with van der Waals surface area (Å²) in [4.78, 5) is 11.1. The number of hydrogen-bond acceptors (Lipinski definition) is 3. The molecule has 0 aromatic heterocycles. The summed E-state index contributed by atoms with van der Waals surface area (Å²) in [6.45, 7) is 1.01. The average molecular weight is 308 g/mol. The van der Waals surface area contributed by atoms with Crippen LogP contribution in [0.1, 0.15) is 12.5 Å². The van der Waals surface area contributed by atoms with E-state index in [1.165, 1.54) is 12.1 Å². The molecule has 0 saturated carbocycles. The molecule has 8 heteroatoms. The van der Waals surface area contributed by atoms with Crippen LogP contribution in [0.3, 0.4) is 0 Å². The second-order valence-electron chi connectivity index (χ2n) is 4.23. The quantitative estimate of drug-likeness (QED) is 0.758. The summed E-state index contributed by atoms with van der Waals surface area (Å²) in [5.41, 5.74) is 0.697. The number of carbonyl (C=O) groups excluding carboxylic acids is 1. The van der Waals surface area contributed by atoms with Crippen LogP contribution >= 0.6 is 0 Å². The minimum atomic E-state index is -4.49. The van der Waals surface area contributed by atoms with E-state index in [0.717, 1.165) is 6.54 Å². The Morgan fingerprint density at radius 1 is 1.33 bits per heavy atom. The normalized spacial score (nSPS) is 11.3. The van der Waals surface area contributed by atoms with Crippen molar-refractivity contribution in [1.82, 2.24) is 10.6 Å². The summed E-state index contributed by atoms with van der Waals surface area (Å²) in [6, 6.07) is 4.18. The van der Waals surface area contributed by atoms with Crippen molar-refractivity contribution >= 4 is 5.91 Å². The second-order valence-corrected chi connectivity index (χ2v) is 4.23. The average Bonchev–Trinajstić information content (AvgIpc) is 2.41. The summed E-state index contributed by atoms with van der Waals surface area (Å²) in [6.07, 6.45) is -4.49. The molecule has 1 aromatic rings. The van der Waals surface area contributed by atoms with Crippen molar-refractivity contribution < 1.29 is 27.1 Å². The van der Waals surface area contributed by atoms with Gasteiger partial charge >= 0.3 is 6.18 Å². The van der Waals surface area contributed by atoms with Crippen LogP contribution in [0.25, 0.3) is 0 Å². The van der Waals surface area contributed by atoms with E-state index < -0.39 is 31.1 Å². The first-order valence-electron chi connectivity index (χ1n) is 6.27. The molecule has 0 saturated heterocycles. The summed E-state index contributed by atoms with van der Waals surface area (Å²) in [5, 5.41) is 4.64. The maximum absolute atomic E-state index is 13.6. The molecule has 0 aliphatic heterocycles. The maximum atomic E-state index is 13.6. The first-order chi connectivity index (χ1) is 9.81. The van der Waals surface area contributed by atoms with Crippen molar-refractivity contribution in [3.8, 4) is 5.75 Å². The zero-order valence-electron chi connectivity index (χ0n) is 11.4. The van der Waals surface area contributed by atoms with E-state index in [9.17, 15) is 22.4 Å². The fourth-order valence-corrected chi connectivity index (χ4v) is 1.43. The van der Waals surface area contributed by atoms with Crippen LogP contribution in [0, 0.1) is 5.82 Å². The molecule has 0 heterocycles. The second kappa shape index (κ2) is 7.82. The molecule has 118 valence electrons. The van der Waals surface area contributed by atoms with Gasteiger partial charge in [0.1, 0.15) is 6.54 Å². The minimum absolute atomic E-state index is 0.183. The van der Waals surface area contributed by atoms with E-state index >= 15 is 0 Å². The van der Waals surface area contributed by atoms with Crippen LogP contribution < -0.4 is 15.4 Å². The SMILES string of the molecule is CCNCc1ccc(OCC(=O)NCC(F)(F)F)c(F)c1. The van der Waals surface area contributed by atoms with Gasteiger partial charge in [0, 0.05) is 6.54 Å². The molecule has 1 amide bonds. The molecule has 0 bridgehead atoms. The highest BCUT2D eigenvalue weighted by atomic mass is 19.4. The number of benzene rings is 1. The fraction of sp³-hybridized carbons (Fsp3) is 0.462. The first kappa shape index (κ1) is 17.2. The topological polar surface area (TPSA) is 50.4 Å². The lowest BCUT2D eigenvalue weighted by molar-refractivity contribution is -0.139. The molecule has 0 radical (unpaired) electrons. The van der Waals surface area contributed by atoms with Crippen molar-refractivity contribution in [3.05, 3.63) is 29.6 Å². The van der Waals surface area contributed by atoms with Crippen LogP contribution in [0.4, 0.5) is 17.6 Å². The van der Waals surface area contributed by atoms with Gasteiger partial charge < -0.3 is 15.4 Å². The van der Waals surface area contributed by atoms with Gasteiger partial charge in [0.2, 0.25) is 0 Å². The van der Waals surface area contributed by atoms with Gasteiger partial charge in [-0.2, -0.15) is 13.2 Å². The van der Waals surface area contributed by atoms with Crippen molar-refractivity contribution in [2.75, 3.05) is 19.7 Å². The zero-order valence-corrected chi connectivity index (χ0v) is 11.4. The minimum Gasteiger partial charge on any atom is -0.481 e. The summed E-state index contributed by atoms with van der Waals surface area (Å²) in [7, 11) is 0. The molecule has 0 aliphatic carbocycles. The lowest BCUT2D eigenvalue weighted by Crippen LogP contribution is -2.36. The number of alkyl halides is 3. The van der Waals surface area contributed by atoms with Crippen LogP contribution in [-0.4, -0.2) is 31.8 Å². The lowest BCUT2D eigenvalue weighted by atomic mass is 10.2. The Kier molecular flexibility index (Phi) is 6.41. The van der Waals surface area contributed by atoms with Crippen LogP contribution in [-0.2, 0) is 11.3 Å². The zero-order chi connectivity index (χ0) is 15.9. The summed E-state index contributed by atoms with van der Waals surface area (Å²) in [5.74, 6) is -1.82. The molecular formula is C13H16F4N2O2. The Balaban J connectivity index is 2.46. The highest BCUT2D eigenvalue weighted by molar-refractivity contribution is 5.77. The maximum Gasteiger partial charge on any atom is 0.405 e. The lowest BCUT2D eigenvalue weighted by Gasteiger charge is -2.10. The first-order valence-corrected chi connectivity index (χ1v) is 6.27. The highest BCUT2D eigenvalue weighted by Crippen LogP contribution is 2.18. The Bertz CT molecular complexity index is 478. The molecule has 0 aliphatic rings. The molecule has 0 fully saturated rings. The number of amides is 1. The van der Waals surface area contributed by atoms with Crippen molar-refractivity contribution in [1.29, 1.82) is 0 Å². The molecular weight excluding hydrogens is 292 g/mol. The summed E-state index contributed by atoms with van der Waals surface area (Å²) < 4.78 is 54.1. The van der Waals surface area contributed by atoms with Crippen molar-refractivity contribution in [2.24, 2.45) is 0 Å². The van der Waals surface area contributed by atoms with Crippen LogP contribution in [0.2, 0.25) is 0 Å². The smallest absolute Gasteiger partial charge is 0.405 e. The van der Waals surface area contributed by atoms with Gasteiger partial charge in [0.05, 0.1) is 0 Å². The summed E-state index contributed by atoms with van der Waals surface area (Å²) >= 11 is 0. The molecule has 0 atom stereocenters. The van der Waals surface area contributed by atoms with Gasteiger partial charge in [-0.05, 0) is 24.2 Å². The molecule has 2 N–H and O–H groups in total. The van der Waals surface area contributed by atoms with E-state index in [0.29, 0.717) is 12.1 Å². The molecule has 1 rings (SSSR count). The van der Waals surface area contributed by atoms with Gasteiger partial charge in [-0.15, -0.1) is 0 Å². The monoisotopic (exact) mass is 308 g/mol. The number of hydrogen-bond donors (Lipinski definition) is 2. The number of rotatable bonds is 7. The third-order valence-corrected chi connectivity index (χ3v) is 2.42. The number of ether oxygens (including phenoxy) is 1. The van der Waals surface area contributed by atoms with E-state index in [1.807, 2.05) is 6.92 Å². The molecule has 4 nitrogen and oxygen atoms in total. The van der Waals surface area contributed by atoms with Gasteiger partial charge in [-0.1, -0.05) is 13.0 Å². The Morgan fingerprint density at radius 2 is 2.05 bits per heavy atom. The predicted molar refractivity (Wildman–Crippen MR) is 68.3 cm³/mol.